The molecular formula is C21H27N3O2S. The Balaban J connectivity index is 1.65. The Hall–Kier alpha value is -2.21. The van der Waals surface area contributed by atoms with E-state index in [2.05, 4.69) is 46.2 Å². The van der Waals surface area contributed by atoms with Crippen LogP contribution in [0.25, 0.3) is 0 Å². The van der Waals surface area contributed by atoms with Gasteiger partial charge in [-0.15, -0.1) is 11.3 Å². The summed E-state index contributed by atoms with van der Waals surface area (Å²) >= 11 is 1.74. The predicted octanol–water partition coefficient (Wildman–Crippen LogP) is 4.85. The molecule has 1 atom stereocenters. The van der Waals surface area contributed by atoms with Gasteiger partial charge in [-0.3, -0.25) is 4.79 Å². The molecule has 2 aromatic rings. The highest BCUT2D eigenvalue weighted by atomic mass is 32.1. The van der Waals surface area contributed by atoms with E-state index in [1.807, 2.05) is 6.07 Å². The Morgan fingerprint density at radius 3 is 2.85 bits per heavy atom. The number of ether oxygens (including phenoxy) is 1. The fraction of sp³-hybridized carbons (Fsp3) is 0.476. The monoisotopic (exact) mass is 385 g/mol. The zero-order valence-corrected chi connectivity index (χ0v) is 16.8. The summed E-state index contributed by atoms with van der Waals surface area (Å²) in [6.45, 7) is 2.55. The van der Waals surface area contributed by atoms with Gasteiger partial charge in [0.25, 0.3) is 5.91 Å². The van der Waals surface area contributed by atoms with Crippen molar-refractivity contribution in [3.05, 3.63) is 34.5 Å². The third kappa shape index (κ3) is 3.90. The van der Waals surface area contributed by atoms with Crippen molar-refractivity contribution in [1.29, 1.82) is 0 Å². The highest BCUT2D eigenvalue weighted by molar-refractivity contribution is 7.09. The van der Waals surface area contributed by atoms with Crippen LogP contribution < -0.4 is 20.3 Å². The standard InChI is InChI=1S/C21H27N3O2S/c1-14-21(25)23-18-11-17(22-13-16-9-6-10-27-16)19(12-20(18)26-14)24(2)15-7-4-3-5-8-15/h6,9-12,14-15,22H,3-5,7-8,13H2,1-2H3,(H,23,25). The molecule has 1 aliphatic heterocycles. The molecule has 0 saturated heterocycles. The number of thiophene rings is 1. The molecule has 1 unspecified atom stereocenters. The summed E-state index contributed by atoms with van der Waals surface area (Å²) in [5.74, 6) is 0.654. The molecule has 144 valence electrons. The van der Waals surface area contributed by atoms with Crippen LogP contribution in [-0.2, 0) is 11.3 Å². The van der Waals surface area contributed by atoms with Crippen molar-refractivity contribution in [1.82, 2.24) is 0 Å². The van der Waals surface area contributed by atoms with E-state index in [1.54, 1.807) is 18.3 Å². The van der Waals surface area contributed by atoms with Gasteiger partial charge in [-0.05, 0) is 37.3 Å². The molecule has 0 radical (unpaired) electrons. The second kappa shape index (κ2) is 7.80. The van der Waals surface area contributed by atoms with Gasteiger partial charge in [-0.25, -0.2) is 0 Å². The van der Waals surface area contributed by atoms with Crippen LogP contribution in [0.4, 0.5) is 17.1 Å². The Kier molecular flexibility index (Phi) is 5.25. The summed E-state index contributed by atoms with van der Waals surface area (Å²) in [6, 6.07) is 8.85. The van der Waals surface area contributed by atoms with Crippen LogP contribution in [0.5, 0.6) is 5.75 Å². The third-order valence-electron chi connectivity index (χ3n) is 5.56. The fourth-order valence-electron chi connectivity index (χ4n) is 3.94. The first-order valence-corrected chi connectivity index (χ1v) is 10.6. The van der Waals surface area contributed by atoms with E-state index in [9.17, 15) is 4.79 Å². The Bertz CT molecular complexity index is 800. The molecule has 1 amide bonds. The first-order chi connectivity index (χ1) is 13.1. The van der Waals surface area contributed by atoms with Crippen LogP contribution in [-0.4, -0.2) is 25.1 Å². The molecule has 1 aromatic carbocycles. The molecule has 27 heavy (non-hydrogen) atoms. The summed E-state index contributed by atoms with van der Waals surface area (Å²) in [5, 5.41) is 8.63. The molecule has 4 rings (SSSR count). The fourth-order valence-corrected chi connectivity index (χ4v) is 4.58. The summed E-state index contributed by atoms with van der Waals surface area (Å²) in [7, 11) is 2.18. The molecule has 1 aliphatic carbocycles. The lowest BCUT2D eigenvalue weighted by Crippen LogP contribution is -2.36. The highest BCUT2D eigenvalue weighted by Gasteiger charge is 2.27. The minimum Gasteiger partial charge on any atom is -0.479 e. The van der Waals surface area contributed by atoms with Crippen molar-refractivity contribution in [2.24, 2.45) is 0 Å². The first kappa shape index (κ1) is 18.2. The number of carbonyl (C=O) groups is 1. The van der Waals surface area contributed by atoms with E-state index in [0.717, 1.165) is 29.4 Å². The molecule has 1 aromatic heterocycles. The molecule has 6 heteroatoms. The van der Waals surface area contributed by atoms with Crippen molar-refractivity contribution >= 4 is 34.3 Å². The molecule has 2 N–H and O–H groups in total. The van der Waals surface area contributed by atoms with Crippen LogP contribution in [0.3, 0.4) is 0 Å². The topological polar surface area (TPSA) is 53.6 Å². The number of hydrogen-bond donors (Lipinski definition) is 2. The summed E-state index contributed by atoms with van der Waals surface area (Å²) < 4.78 is 5.86. The quantitative estimate of drug-likeness (QED) is 0.773. The molecule has 1 fully saturated rings. The van der Waals surface area contributed by atoms with Gasteiger partial charge in [-0.2, -0.15) is 0 Å². The average molecular weight is 386 g/mol. The van der Waals surface area contributed by atoms with Crippen LogP contribution in [0, 0.1) is 0 Å². The van der Waals surface area contributed by atoms with Crippen molar-refractivity contribution in [3.63, 3.8) is 0 Å². The van der Waals surface area contributed by atoms with Gasteiger partial charge in [0.2, 0.25) is 0 Å². The highest BCUT2D eigenvalue weighted by Crippen LogP contribution is 2.41. The normalized spacial score (nSPS) is 19.8. The summed E-state index contributed by atoms with van der Waals surface area (Å²) in [5.41, 5.74) is 2.92. The predicted molar refractivity (Wildman–Crippen MR) is 112 cm³/mol. The van der Waals surface area contributed by atoms with E-state index >= 15 is 0 Å². The molecule has 0 bridgehead atoms. The number of anilines is 3. The van der Waals surface area contributed by atoms with Gasteiger partial charge in [0, 0.05) is 30.6 Å². The van der Waals surface area contributed by atoms with Crippen LogP contribution >= 0.6 is 11.3 Å². The van der Waals surface area contributed by atoms with Gasteiger partial charge in [0.15, 0.2) is 6.10 Å². The minimum absolute atomic E-state index is 0.0971. The van der Waals surface area contributed by atoms with Crippen molar-refractivity contribution in [3.8, 4) is 5.75 Å². The second-order valence-electron chi connectivity index (χ2n) is 7.45. The van der Waals surface area contributed by atoms with Gasteiger partial charge < -0.3 is 20.3 Å². The van der Waals surface area contributed by atoms with Gasteiger partial charge >= 0.3 is 0 Å². The van der Waals surface area contributed by atoms with E-state index in [-0.39, 0.29) is 5.91 Å². The third-order valence-corrected chi connectivity index (χ3v) is 6.44. The lowest BCUT2D eigenvalue weighted by Gasteiger charge is -2.35. The van der Waals surface area contributed by atoms with Gasteiger partial charge in [-0.1, -0.05) is 25.3 Å². The van der Waals surface area contributed by atoms with E-state index < -0.39 is 6.10 Å². The maximum Gasteiger partial charge on any atom is 0.265 e. The van der Waals surface area contributed by atoms with Gasteiger partial charge in [0.05, 0.1) is 17.1 Å². The lowest BCUT2D eigenvalue weighted by atomic mass is 9.94. The second-order valence-corrected chi connectivity index (χ2v) is 8.48. The number of hydrogen-bond acceptors (Lipinski definition) is 5. The number of amides is 1. The molecule has 0 spiro atoms. The summed E-state index contributed by atoms with van der Waals surface area (Å²) in [6.07, 6.45) is 5.92. The van der Waals surface area contributed by atoms with Crippen LogP contribution in [0.15, 0.2) is 29.6 Å². The van der Waals surface area contributed by atoms with E-state index in [1.165, 1.54) is 37.0 Å². The molecule has 2 aliphatic rings. The van der Waals surface area contributed by atoms with E-state index in [0.29, 0.717) is 6.04 Å². The average Bonchev–Trinajstić information content (AvgIpc) is 3.20. The zero-order valence-electron chi connectivity index (χ0n) is 16.0. The largest absolute Gasteiger partial charge is 0.479 e. The SMILES string of the molecule is CC1Oc2cc(N(C)C3CCCCC3)c(NCc3cccs3)cc2NC1=O. The van der Waals surface area contributed by atoms with Crippen LogP contribution in [0.1, 0.15) is 43.9 Å². The van der Waals surface area contributed by atoms with Crippen molar-refractivity contribution in [2.75, 3.05) is 22.6 Å². The molecular weight excluding hydrogens is 358 g/mol. The maximum absolute atomic E-state index is 12.0. The van der Waals surface area contributed by atoms with E-state index in [4.69, 9.17) is 4.74 Å². The number of rotatable bonds is 5. The number of benzene rings is 1. The smallest absolute Gasteiger partial charge is 0.265 e. The van der Waals surface area contributed by atoms with Crippen molar-refractivity contribution < 1.29 is 9.53 Å². The number of nitrogens with zero attached hydrogens (tertiary/aromatic N) is 1. The number of nitrogens with one attached hydrogen (secondary N) is 2. The van der Waals surface area contributed by atoms with Crippen LogP contribution in [0.2, 0.25) is 0 Å². The zero-order chi connectivity index (χ0) is 18.8. The Morgan fingerprint density at radius 2 is 2.11 bits per heavy atom. The molecule has 2 heterocycles. The minimum atomic E-state index is -0.463. The van der Waals surface area contributed by atoms with Crippen molar-refractivity contribution in [2.45, 2.75) is 57.7 Å². The maximum atomic E-state index is 12.0. The molecule has 5 nitrogen and oxygen atoms in total. The molecule has 1 saturated carbocycles. The number of carbonyl (C=O) groups excluding carboxylic acids is 1. The van der Waals surface area contributed by atoms with Gasteiger partial charge in [0.1, 0.15) is 5.75 Å². The number of fused-ring (bicyclic) bond motifs is 1. The Morgan fingerprint density at radius 1 is 1.30 bits per heavy atom. The first-order valence-electron chi connectivity index (χ1n) is 9.76. The lowest BCUT2D eigenvalue weighted by molar-refractivity contribution is -0.122. The summed E-state index contributed by atoms with van der Waals surface area (Å²) in [4.78, 5) is 15.7. The Labute approximate surface area is 164 Å².